The SMILES string of the molecule is CC1(OC/C=C/c2ccccc2)CCCNC1. The fraction of sp³-hybridized carbons (Fsp3) is 0.467. The van der Waals surface area contributed by atoms with Crippen LogP contribution in [0.1, 0.15) is 25.3 Å². The van der Waals surface area contributed by atoms with Gasteiger partial charge in [0, 0.05) is 6.54 Å². The topological polar surface area (TPSA) is 21.3 Å². The molecule has 1 aliphatic heterocycles. The van der Waals surface area contributed by atoms with Crippen LogP contribution in [-0.4, -0.2) is 25.3 Å². The van der Waals surface area contributed by atoms with Crippen molar-refractivity contribution in [1.82, 2.24) is 5.32 Å². The first-order valence-corrected chi connectivity index (χ1v) is 6.35. The molecule has 92 valence electrons. The number of hydrogen-bond acceptors (Lipinski definition) is 2. The standard InChI is InChI=1S/C15H21NO/c1-15(10-6-11-16-13-15)17-12-5-9-14-7-3-2-4-8-14/h2-5,7-9,16H,6,10-13H2,1H3/b9-5+. The van der Waals surface area contributed by atoms with E-state index in [4.69, 9.17) is 4.74 Å². The zero-order valence-electron chi connectivity index (χ0n) is 10.5. The predicted molar refractivity (Wildman–Crippen MR) is 71.9 cm³/mol. The zero-order chi connectivity index (χ0) is 12.0. The molecule has 1 N–H and O–H groups in total. The molecule has 1 atom stereocenters. The van der Waals surface area contributed by atoms with E-state index in [2.05, 4.69) is 36.5 Å². The van der Waals surface area contributed by atoms with Crippen molar-refractivity contribution in [3.8, 4) is 0 Å². The van der Waals surface area contributed by atoms with Crippen molar-refractivity contribution < 1.29 is 4.74 Å². The Labute approximate surface area is 104 Å². The van der Waals surface area contributed by atoms with Gasteiger partial charge in [-0.2, -0.15) is 0 Å². The molecule has 1 aromatic carbocycles. The molecule has 0 saturated carbocycles. The highest BCUT2D eigenvalue weighted by Gasteiger charge is 2.26. The summed E-state index contributed by atoms with van der Waals surface area (Å²) in [6, 6.07) is 10.3. The Morgan fingerprint density at radius 2 is 2.18 bits per heavy atom. The maximum atomic E-state index is 5.94. The molecule has 0 radical (unpaired) electrons. The molecule has 0 amide bonds. The van der Waals surface area contributed by atoms with Crippen LogP contribution in [0.25, 0.3) is 6.08 Å². The minimum atomic E-state index is 0.0132. The molecule has 0 aromatic heterocycles. The van der Waals surface area contributed by atoms with Crippen molar-refractivity contribution in [2.75, 3.05) is 19.7 Å². The van der Waals surface area contributed by atoms with E-state index in [0.717, 1.165) is 19.5 Å². The van der Waals surface area contributed by atoms with Gasteiger partial charge in [-0.25, -0.2) is 0 Å². The van der Waals surface area contributed by atoms with Crippen LogP contribution in [0.3, 0.4) is 0 Å². The summed E-state index contributed by atoms with van der Waals surface area (Å²) in [4.78, 5) is 0. The van der Waals surface area contributed by atoms with Crippen molar-refractivity contribution in [3.05, 3.63) is 42.0 Å². The molecule has 0 aliphatic carbocycles. The number of piperidine rings is 1. The fourth-order valence-electron chi connectivity index (χ4n) is 2.15. The minimum Gasteiger partial charge on any atom is -0.370 e. The molecule has 1 heterocycles. The van der Waals surface area contributed by atoms with Crippen molar-refractivity contribution >= 4 is 6.08 Å². The summed E-state index contributed by atoms with van der Waals surface area (Å²) in [6.07, 6.45) is 6.56. The third-order valence-electron chi connectivity index (χ3n) is 3.20. The molecule has 1 unspecified atom stereocenters. The summed E-state index contributed by atoms with van der Waals surface area (Å²) in [5, 5.41) is 3.38. The average Bonchev–Trinajstić information content (AvgIpc) is 2.37. The molecule has 17 heavy (non-hydrogen) atoms. The molecule has 2 rings (SSSR count). The highest BCUT2D eigenvalue weighted by molar-refractivity contribution is 5.48. The molecular weight excluding hydrogens is 210 g/mol. The van der Waals surface area contributed by atoms with Gasteiger partial charge < -0.3 is 10.1 Å². The van der Waals surface area contributed by atoms with E-state index in [9.17, 15) is 0 Å². The van der Waals surface area contributed by atoms with Gasteiger partial charge >= 0.3 is 0 Å². The second-order valence-corrected chi connectivity index (χ2v) is 4.85. The summed E-state index contributed by atoms with van der Waals surface area (Å²) in [6.45, 7) is 4.97. The summed E-state index contributed by atoms with van der Waals surface area (Å²) in [7, 11) is 0. The van der Waals surface area contributed by atoms with Gasteiger partial charge in [-0.15, -0.1) is 0 Å². The van der Waals surface area contributed by atoms with Gasteiger partial charge in [-0.3, -0.25) is 0 Å². The lowest BCUT2D eigenvalue weighted by atomic mass is 9.96. The highest BCUT2D eigenvalue weighted by atomic mass is 16.5. The number of nitrogens with one attached hydrogen (secondary N) is 1. The number of hydrogen-bond donors (Lipinski definition) is 1. The predicted octanol–water partition coefficient (Wildman–Crippen LogP) is 2.86. The monoisotopic (exact) mass is 231 g/mol. The largest absolute Gasteiger partial charge is 0.370 e. The number of ether oxygens (including phenoxy) is 1. The van der Waals surface area contributed by atoms with E-state index in [-0.39, 0.29) is 5.60 Å². The third-order valence-corrected chi connectivity index (χ3v) is 3.20. The summed E-state index contributed by atoms with van der Waals surface area (Å²) >= 11 is 0. The van der Waals surface area contributed by atoms with Gasteiger partial charge in [0.25, 0.3) is 0 Å². The first kappa shape index (κ1) is 12.3. The number of rotatable bonds is 4. The molecule has 2 heteroatoms. The number of benzene rings is 1. The Morgan fingerprint density at radius 1 is 1.35 bits per heavy atom. The first-order valence-electron chi connectivity index (χ1n) is 6.35. The van der Waals surface area contributed by atoms with E-state index in [1.165, 1.54) is 12.0 Å². The Hall–Kier alpha value is -1.12. The van der Waals surface area contributed by atoms with Crippen LogP contribution in [0.5, 0.6) is 0 Å². The van der Waals surface area contributed by atoms with E-state index in [1.807, 2.05) is 18.2 Å². The van der Waals surface area contributed by atoms with E-state index in [0.29, 0.717) is 6.61 Å². The van der Waals surface area contributed by atoms with Crippen LogP contribution in [0.15, 0.2) is 36.4 Å². The van der Waals surface area contributed by atoms with Crippen molar-refractivity contribution in [1.29, 1.82) is 0 Å². The smallest absolute Gasteiger partial charge is 0.0783 e. The molecule has 2 nitrogen and oxygen atoms in total. The lowest BCUT2D eigenvalue weighted by Gasteiger charge is -2.33. The molecule has 0 spiro atoms. The molecule has 0 bridgehead atoms. The maximum absolute atomic E-state index is 5.94. The fourth-order valence-corrected chi connectivity index (χ4v) is 2.15. The van der Waals surface area contributed by atoms with Crippen LogP contribution < -0.4 is 5.32 Å². The Bertz CT molecular complexity index is 352. The Kier molecular flexibility index (Phi) is 4.35. The van der Waals surface area contributed by atoms with Gasteiger partial charge in [0.2, 0.25) is 0 Å². The van der Waals surface area contributed by atoms with Crippen LogP contribution in [-0.2, 0) is 4.74 Å². The zero-order valence-corrected chi connectivity index (χ0v) is 10.5. The normalized spacial score (nSPS) is 25.2. The van der Waals surface area contributed by atoms with Gasteiger partial charge in [0.05, 0.1) is 12.2 Å². The minimum absolute atomic E-state index is 0.0132. The summed E-state index contributed by atoms with van der Waals surface area (Å²) < 4.78 is 5.94. The molecule has 1 aliphatic rings. The van der Waals surface area contributed by atoms with Crippen LogP contribution >= 0.6 is 0 Å². The lowest BCUT2D eigenvalue weighted by molar-refractivity contribution is -0.0321. The van der Waals surface area contributed by atoms with E-state index in [1.54, 1.807) is 0 Å². The molecule has 1 saturated heterocycles. The van der Waals surface area contributed by atoms with Gasteiger partial charge in [-0.1, -0.05) is 42.5 Å². The molecular formula is C15H21NO. The average molecular weight is 231 g/mol. The highest BCUT2D eigenvalue weighted by Crippen LogP contribution is 2.19. The molecule has 1 aromatic rings. The maximum Gasteiger partial charge on any atom is 0.0783 e. The molecule has 1 fully saturated rings. The van der Waals surface area contributed by atoms with Crippen molar-refractivity contribution in [2.24, 2.45) is 0 Å². The van der Waals surface area contributed by atoms with Gasteiger partial charge in [0.15, 0.2) is 0 Å². The lowest BCUT2D eigenvalue weighted by Crippen LogP contribution is -2.45. The van der Waals surface area contributed by atoms with Crippen molar-refractivity contribution in [2.45, 2.75) is 25.4 Å². The first-order chi connectivity index (χ1) is 8.29. The quantitative estimate of drug-likeness (QED) is 0.860. The Morgan fingerprint density at radius 3 is 2.88 bits per heavy atom. The van der Waals surface area contributed by atoms with Crippen molar-refractivity contribution in [3.63, 3.8) is 0 Å². The van der Waals surface area contributed by atoms with E-state index >= 15 is 0 Å². The Balaban J connectivity index is 1.77. The van der Waals surface area contributed by atoms with Gasteiger partial charge in [0.1, 0.15) is 0 Å². The van der Waals surface area contributed by atoms with Crippen LogP contribution in [0, 0.1) is 0 Å². The second kappa shape index (κ2) is 5.99. The van der Waals surface area contributed by atoms with E-state index < -0.39 is 0 Å². The van der Waals surface area contributed by atoms with Gasteiger partial charge in [-0.05, 0) is 31.9 Å². The van der Waals surface area contributed by atoms with Crippen LogP contribution in [0.4, 0.5) is 0 Å². The second-order valence-electron chi connectivity index (χ2n) is 4.85. The summed E-state index contributed by atoms with van der Waals surface area (Å²) in [5.74, 6) is 0. The third kappa shape index (κ3) is 3.99. The van der Waals surface area contributed by atoms with Crippen LogP contribution in [0.2, 0.25) is 0 Å². The summed E-state index contributed by atoms with van der Waals surface area (Å²) in [5.41, 5.74) is 1.24.